The Morgan fingerprint density at radius 2 is 2.10 bits per heavy atom. The van der Waals surface area contributed by atoms with Crippen molar-refractivity contribution in [1.82, 2.24) is 0 Å². The van der Waals surface area contributed by atoms with E-state index in [1.165, 1.54) is 7.11 Å². The van der Waals surface area contributed by atoms with Crippen LogP contribution in [0.5, 0.6) is 0 Å². The van der Waals surface area contributed by atoms with E-state index in [1.54, 1.807) is 6.08 Å². The number of rotatable bonds is 4. The predicted molar refractivity (Wildman–Crippen MR) is 76.8 cm³/mol. The fourth-order valence-electron chi connectivity index (χ4n) is 1.93. The van der Waals surface area contributed by atoms with E-state index >= 15 is 0 Å². The minimum absolute atomic E-state index is 0.200. The third kappa shape index (κ3) is 3.16. The van der Waals surface area contributed by atoms with E-state index < -0.39 is 17.4 Å². The van der Waals surface area contributed by atoms with Crippen LogP contribution in [-0.2, 0) is 20.9 Å². The molecule has 1 aromatic carbocycles. The van der Waals surface area contributed by atoms with Gasteiger partial charge in [0, 0.05) is 10.9 Å². The summed E-state index contributed by atoms with van der Waals surface area (Å²) in [5, 5.41) is 0. The van der Waals surface area contributed by atoms with E-state index in [4.69, 9.17) is 9.47 Å². The highest BCUT2D eigenvalue weighted by Gasteiger charge is 2.41. The summed E-state index contributed by atoms with van der Waals surface area (Å²) < 4.78 is 24.5. The van der Waals surface area contributed by atoms with Gasteiger partial charge in [-0.25, -0.2) is 9.18 Å². The van der Waals surface area contributed by atoms with Gasteiger partial charge in [-0.1, -0.05) is 36.4 Å². The highest BCUT2D eigenvalue weighted by molar-refractivity contribution is 9.11. The molecule has 0 amide bonds. The minimum Gasteiger partial charge on any atom is -0.467 e. The van der Waals surface area contributed by atoms with E-state index in [1.807, 2.05) is 30.3 Å². The molecule has 106 valence electrons. The van der Waals surface area contributed by atoms with Crippen LogP contribution in [0.25, 0.3) is 0 Å². The molecule has 0 aromatic heterocycles. The fourth-order valence-corrected chi connectivity index (χ4v) is 2.21. The van der Waals surface area contributed by atoms with Gasteiger partial charge < -0.3 is 9.47 Å². The van der Waals surface area contributed by atoms with Gasteiger partial charge in [0.15, 0.2) is 5.60 Å². The number of halogens is 2. The molecule has 0 fully saturated rings. The van der Waals surface area contributed by atoms with E-state index in [9.17, 15) is 9.18 Å². The summed E-state index contributed by atoms with van der Waals surface area (Å²) in [5.41, 5.74) is -0.510. The normalized spacial score (nSPS) is 21.9. The second-order valence-corrected chi connectivity index (χ2v) is 5.26. The molecule has 0 radical (unpaired) electrons. The Morgan fingerprint density at radius 1 is 1.40 bits per heavy atom. The first-order chi connectivity index (χ1) is 9.57. The second kappa shape index (κ2) is 6.33. The minimum atomic E-state index is -1.41. The Hall–Kier alpha value is -1.46. The molecule has 1 atom stereocenters. The first kappa shape index (κ1) is 14.9. The highest BCUT2D eigenvalue weighted by atomic mass is 79.9. The van der Waals surface area contributed by atoms with Gasteiger partial charge in [-0.2, -0.15) is 0 Å². The molecule has 2 rings (SSSR count). The summed E-state index contributed by atoms with van der Waals surface area (Å²) in [6.07, 6.45) is 2.95. The van der Waals surface area contributed by atoms with Gasteiger partial charge in [-0.05, 0) is 27.6 Å². The van der Waals surface area contributed by atoms with Gasteiger partial charge in [0.2, 0.25) is 0 Å². The number of methoxy groups -OCH3 is 1. The monoisotopic (exact) mass is 340 g/mol. The van der Waals surface area contributed by atoms with Crippen molar-refractivity contribution in [2.24, 2.45) is 0 Å². The Kier molecular flexibility index (Phi) is 4.73. The van der Waals surface area contributed by atoms with Gasteiger partial charge in [-0.3, -0.25) is 0 Å². The summed E-state index contributed by atoms with van der Waals surface area (Å²) >= 11 is 3.08. The maximum Gasteiger partial charge on any atom is 0.342 e. The third-order valence-electron chi connectivity index (χ3n) is 3.04. The van der Waals surface area contributed by atoms with Crippen molar-refractivity contribution >= 4 is 21.9 Å². The van der Waals surface area contributed by atoms with Crippen molar-refractivity contribution in [1.29, 1.82) is 0 Å². The molecule has 1 aliphatic carbocycles. The molecule has 0 saturated carbocycles. The smallest absolute Gasteiger partial charge is 0.342 e. The van der Waals surface area contributed by atoms with Crippen molar-refractivity contribution < 1.29 is 18.7 Å². The van der Waals surface area contributed by atoms with Gasteiger partial charge >= 0.3 is 5.97 Å². The van der Waals surface area contributed by atoms with Crippen LogP contribution in [0.4, 0.5) is 4.39 Å². The van der Waals surface area contributed by atoms with Crippen molar-refractivity contribution in [3.05, 3.63) is 58.4 Å². The SMILES string of the molecule is COC(=O)C1(OCc2ccccc2)C=C(F)C(Br)=CC1. The Bertz CT molecular complexity index is 553. The number of esters is 1. The van der Waals surface area contributed by atoms with Gasteiger partial charge in [0.25, 0.3) is 0 Å². The standard InChI is InChI=1S/C15H14BrFO3/c1-19-14(18)15(8-7-12(16)13(17)9-15)20-10-11-5-3-2-4-6-11/h2-7,9H,8,10H2,1H3. The van der Waals surface area contributed by atoms with Crippen molar-refractivity contribution in [2.75, 3.05) is 7.11 Å². The maximum absolute atomic E-state index is 13.8. The fraction of sp³-hybridized carbons (Fsp3) is 0.267. The van der Waals surface area contributed by atoms with Crippen LogP contribution in [0, 0.1) is 0 Å². The zero-order chi connectivity index (χ0) is 14.6. The average molecular weight is 341 g/mol. The van der Waals surface area contributed by atoms with Crippen LogP contribution in [-0.4, -0.2) is 18.7 Å². The van der Waals surface area contributed by atoms with Crippen LogP contribution >= 0.6 is 15.9 Å². The number of benzene rings is 1. The number of hydrogen-bond acceptors (Lipinski definition) is 3. The van der Waals surface area contributed by atoms with Crippen LogP contribution in [0.1, 0.15) is 12.0 Å². The van der Waals surface area contributed by atoms with E-state index in [-0.39, 0.29) is 13.0 Å². The lowest BCUT2D eigenvalue weighted by molar-refractivity contribution is -0.164. The van der Waals surface area contributed by atoms with Gasteiger partial charge in [0.05, 0.1) is 13.7 Å². The van der Waals surface area contributed by atoms with Crippen LogP contribution in [0.15, 0.2) is 52.8 Å². The van der Waals surface area contributed by atoms with Crippen LogP contribution < -0.4 is 0 Å². The number of allylic oxidation sites excluding steroid dienone is 2. The topological polar surface area (TPSA) is 35.5 Å². The lowest BCUT2D eigenvalue weighted by Gasteiger charge is -2.29. The largest absolute Gasteiger partial charge is 0.467 e. The molecule has 1 aliphatic rings. The molecule has 1 unspecified atom stereocenters. The zero-order valence-corrected chi connectivity index (χ0v) is 12.5. The Labute approximate surface area is 125 Å². The summed E-state index contributed by atoms with van der Waals surface area (Å²) in [7, 11) is 1.26. The van der Waals surface area contributed by atoms with Crippen LogP contribution in [0.2, 0.25) is 0 Å². The van der Waals surface area contributed by atoms with Gasteiger partial charge in [0.1, 0.15) is 5.83 Å². The Balaban J connectivity index is 2.20. The van der Waals surface area contributed by atoms with E-state index in [2.05, 4.69) is 15.9 Å². The molecular weight excluding hydrogens is 327 g/mol. The first-order valence-corrected chi connectivity index (χ1v) is 6.87. The molecule has 3 nitrogen and oxygen atoms in total. The summed E-state index contributed by atoms with van der Waals surface area (Å²) in [6.45, 7) is 0.200. The van der Waals surface area contributed by atoms with E-state index in [0.29, 0.717) is 4.48 Å². The number of carbonyl (C=O) groups is 1. The molecular formula is C15H14BrFO3. The zero-order valence-electron chi connectivity index (χ0n) is 10.9. The molecule has 0 heterocycles. The van der Waals surface area contributed by atoms with Crippen molar-refractivity contribution in [2.45, 2.75) is 18.6 Å². The van der Waals surface area contributed by atoms with Gasteiger partial charge in [-0.15, -0.1) is 0 Å². The lowest BCUT2D eigenvalue weighted by atomic mass is 9.94. The quantitative estimate of drug-likeness (QED) is 0.785. The van der Waals surface area contributed by atoms with Crippen molar-refractivity contribution in [3.8, 4) is 0 Å². The summed E-state index contributed by atoms with van der Waals surface area (Å²) in [4.78, 5) is 12.0. The molecule has 1 aromatic rings. The maximum atomic E-state index is 13.8. The van der Waals surface area contributed by atoms with E-state index in [0.717, 1.165) is 11.6 Å². The molecule has 20 heavy (non-hydrogen) atoms. The first-order valence-electron chi connectivity index (χ1n) is 6.08. The van der Waals surface area contributed by atoms with Crippen molar-refractivity contribution in [3.63, 3.8) is 0 Å². The average Bonchev–Trinajstić information content (AvgIpc) is 2.49. The third-order valence-corrected chi connectivity index (χ3v) is 3.75. The summed E-state index contributed by atoms with van der Waals surface area (Å²) in [6, 6.07) is 9.38. The molecule has 0 spiro atoms. The Morgan fingerprint density at radius 3 is 2.70 bits per heavy atom. The predicted octanol–water partition coefficient (Wildman–Crippen LogP) is 3.65. The molecule has 0 N–H and O–H groups in total. The number of hydrogen-bond donors (Lipinski definition) is 0. The molecule has 5 heteroatoms. The summed E-state index contributed by atoms with van der Waals surface area (Å²) in [5.74, 6) is -1.14. The number of ether oxygens (including phenoxy) is 2. The second-order valence-electron chi connectivity index (χ2n) is 4.40. The molecule has 0 bridgehead atoms. The lowest BCUT2D eigenvalue weighted by Crippen LogP contribution is -2.41. The highest BCUT2D eigenvalue weighted by Crippen LogP contribution is 2.34. The van der Waals surface area contributed by atoms with Crippen LogP contribution in [0.3, 0.4) is 0 Å². The molecule has 0 aliphatic heterocycles. The number of carbonyl (C=O) groups excluding carboxylic acids is 1. The molecule has 0 saturated heterocycles.